The van der Waals surface area contributed by atoms with Crippen LogP contribution in [0.5, 0.6) is 0 Å². The first kappa shape index (κ1) is 18.5. The van der Waals surface area contributed by atoms with Gasteiger partial charge in [0.2, 0.25) is 0 Å². The van der Waals surface area contributed by atoms with Gasteiger partial charge in [-0.3, -0.25) is 0 Å². The number of carbonyl (C=O) groups excluding carboxylic acids is 2. The smallest absolute Gasteiger partial charge is 0.352 e. The van der Waals surface area contributed by atoms with Crippen LogP contribution in [-0.2, 0) is 19.1 Å². The molecule has 0 saturated carbocycles. The first-order valence-corrected chi connectivity index (χ1v) is 8.77. The highest BCUT2D eigenvalue weighted by molar-refractivity contribution is 6.38. The average Bonchev–Trinajstić information content (AvgIpc) is 3.12. The standard InChI is InChI=1S/C21H20N2O4/c1-3-26-19(24)21(20(25)27-4-2)17(15-11-7-5-8-12-15)22-18(23-21)16-13-9-6-10-14-16/h5-14H,3-4H2,1-2H3. The molecule has 2 aromatic carbocycles. The number of rotatable bonds is 6. The third-order valence-corrected chi connectivity index (χ3v) is 4.05. The summed E-state index contributed by atoms with van der Waals surface area (Å²) >= 11 is 0. The van der Waals surface area contributed by atoms with Crippen LogP contribution in [-0.4, -0.2) is 42.2 Å². The van der Waals surface area contributed by atoms with Crippen molar-refractivity contribution < 1.29 is 19.1 Å². The molecule has 0 unspecified atom stereocenters. The summed E-state index contributed by atoms with van der Waals surface area (Å²) in [7, 11) is 0. The van der Waals surface area contributed by atoms with E-state index in [2.05, 4.69) is 9.98 Å². The maximum absolute atomic E-state index is 12.9. The molecule has 1 aliphatic rings. The molecular formula is C21H20N2O4. The lowest BCUT2D eigenvalue weighted by Gasteiger charge is -2.23. The van der Waals surface area contributed by atoms with Crippen LogP contribution in [0.1, 0.15) is 25.0 Å². The minimum absolute atomic E-state index is 0.109. The molecule has 0 radical (unpaired) electrons. The van der Waals surface area contributed by atoms with Crippen LogP contribution in [0, 0.1) is 0 Å². The number of ether oxygens (including phenoxy) is 2. The Morgan fingerprint density at radius 3 is 1.78 bits per heavy atom. The number of nitrogens with zero attached hydrogens (tertiary/aromatic N) is 2. The zero-order valence-corrected chi connectivity index (χ0v) is 15.2. The lowest BCUT2D eigenvalue weighted by Crippen LogP contribution is -2.52. The number of hydrogen-bond acceptors (Lipinski definition) is 6. The van der Waals surface area contributed by atoms with Gasteiger partial charge in [-0.2, -0.15) is 0 Å². The summed E-state index contributed by atoms with van der Waals surface area (Å²) < 4.78 is 10.4. The van der Waals surface area contributed by atoms with Gasteiger partial charge in [-0.15, -0.1) is 0 Å². The van der Waals surface area contributed by atoms with Gasteiger partial charge in [-0.1, -0.05) is 60.7 Å². The van der Waals surface area contributed by atoms with Crippen molar-refractivity contribution in [3.05, 3.63) is 71.8 Å². The molecule has 0 aromatic heterocycles. The van der Waals surface area contributed by atoms with Crippen LogP contribution >= 0.6 is 0 Å². The Balaban J connectivity index is 2.22. The Kier molecular flexibility index (Phi) is 5.45. The van der Waals surface area contributed by atoms with Crippen molar-refractivity contribution in [2.75, 3.05) is 13.2 Å². The van der Waals surface area contributed by atoms with Crippen LogP contribution in [0.3, 0.4) is 0 Å². The maximum atomic E-state index is 12.9. The molecule has 0 aliphatic carbocycles. The minimum Gasteiger partial charge on any atom is -0.463 e. The molecule has 1 heterocycles. The number of benzene rings is 2. The molecule has 6 nitrogen and oxygen atoms in total. The van der Waals surface area contributed by atoms with Crippen LogP contribution < -0.4 is 0 Å². The number of esters is 2. The molecule has 0 N–H and O–H groups in total. The van der Waals surface area contributed by atoms with Crippen LogP contribution in [0.25, 0.3) is 0 Å². The highest BCUT2D eigenvalue weighted by Gasteiger charge is 2.57. The summed E-state index contributed by atoms with van der Waals surface area (Å²) in [6.45, 7) is 3.57. The van der Waals surface area contributed by atoms with Gasteiger partial charge in [0.25, 0.3) is 5.54 Å². The molecule has 0 fully saturated rings. The fourth-order valence-electron chi connectivity index (χ4n) is 2.85. The highest BCUT2D eigenvalue weighted by Crippen LogP contribution is 2.30. The fraction of sp³-hybridized carbons (Fsp3) is 0.238. The maximum Gasteiger partial charge on any atom is 0.352 e. The monoisotopic (exact) mass is 364 g/mol. The van der Waals surface area contributed by atoms with E-state index < -0.39 is 17.5 Å². The Morgan fingerprint density at radius 2 is 1.30 bits per heavy atom. The van der Waals surface area contributed by atoms with Gasteiger partial charge in [0.1, 0.15) is 5.71 Å². The quantitative estimate of drug-likeness (QED) is 0.583. The molecule has 0 amide bonds. The van der Waals surface area contributed by atoms with Crippen molar-refractivity contribution >= 4 is 23.5 Å². The molecule has 2 aromatic rings. The summed E-state index contributed by atoms with van der Waals surface area (Å²) in [4.78, 5) is 34.9. The van der Waals surface area contributed by atoms with E-state index in [-0.39, 0.29) is 24.8 Å². The lowest BCUT2D eigenvalue weighted by molar-refractivity contribution is -0.159. The van der Waals surface area contributed by atoms with Gasteiger partial charge in [-0.25, -0.2) is 19.6 Å². The molecule has 3 rings (SSSR count). The largest absolute Gasteiger partial charge is 0.463 e. The normalized spacial score (nSPS) is 14.9. The van der Waals surface area contributed by atoms with Gasteiger partial charge in [-0.05, 0) is 19.4 Å². The summed E-state index contributed by atoms with van der Waals surface area (Å²) in [5.74, 6) is -1.30. The predicted molar refractivity (Wildman–Crippen MR) is 102 cm³/mol. The predicted octanol–water partition coefficient (Wildman–Crippen LogP) is 2.80. The molecule has 0 saturated heterocycles. The Hall–Kier alpha value is -3.28. The summed E-state index contributed by atoms with van der Waals surface area (Å²) in [5, 5.41) is 0. The molecule has 6 heteroatoms. The molecule has 1 aliphatic heterocycles. The number of hydrogen-bond donors (Lipinski definition) is 0. The highest BCUT2D eigenvalue weighted by atomic mass is 16.6. The van der Waals surface area contributed by atoms with Gasteiger partial charge < -0.3 is 9.47 Å². The Morgan fingerprint density at radius 1 is 0.815 bits per heavy atom. The molecule has 0 bridgehead atoms. The minimum atomic E-state index is -1.97. The summed E-state index contributed by atoms with van der Waals surface area (Å²) in [5.41, 5.74) is -0.466. The first-order valence-electron chi connectivity index (χ1n) is 8.77. The van der Waals surface area contributed by atoms with E-state index in [1.807, 2.05) is 36.4 Å². The number of amidine groups is 1. The fourth-order valence-corrected chi connectivity index (χ4v) is 2.85. The van der Waals surface area contributed by atoms with E-state index in [1.165, 1.54) is 0 Å². The van der Waals surface area contributed by atoms with Gasteiger partial charge in [0, 0.05) is 5.56 Å². The van der Waals surface area contributed by atoms with Crippen molar-refractivity contribution in [1.29, 1.82) is 0 Å². The van der Waals surface area contributed by atoms with Crippen molar-refractivity contribution in [2.45, 2.75) is 19.4 Å². The second-order valence-electron chi connectivity index (χ2n) is 5.78. The van der Waals surface area contributed by atoms with Crippen molar-refractivity contribution in [1.82, 2.24) is 0 Å². The van der Waals surface area contributed by atoms with E-state index in [9.17, 15) is 9.59 Å². The Labute approximate surface area is 157 Å². The van der Waals surface area contributed by atoms with E-state index in [0.29, 0.717) is 11.1 Å². The van der Waals surface area contributed by atoms with Gasteiger partial charge in [0.15, 0.2) is 5.84 Å². The summed E-state index contributed by atoms with van der Waals surface area (Å²) in [6.07, 6.45) is 0. The number of carbonyl (C=O) groups is 2. The van der Waals surface area contributed by atoms with E-state index in [4.69, 9.17) is 9.47 Å². The van der Waals surface area contributed by atoms with E-state index in [0.717, 1.165) is 0 Å². The van der Waals surface area contributed by atoms with Crippen LogP contribution in [0.15, 0.2) is 70.6 Å². The van der Waals surface area contributed by atoms with Crippen LogP contribution in [0.2, 0.25) is 0 Å². The zero-order valence-electron chi connectivity index (χ0n) is 15.2. The first-order chi connectivity index (χ1) is 13.1. The summed E-state index contributed by atoms with van der Waals surface area (Å²) in [6, 6.07) is 18.2. The van der Waals surface area contributed by atoms with Gasteiger partial charge in [0.05, 0.1) is 13.2 Å². The third kappa shape index (κ3) is 3.38. The van der Waals surface area contributed by atoms with E-state index in [1.54, 1.807) is 38.1 Å². The topological polar surface area (TPSA) is 77.3 Å². The van der Waals surface area contributed by atoms with Crippen molar-refractivity contribution in [2.24, 2.45) is 9.98 Å². The molecule has 0 spiro atoms. The third-order valence-electron chi connectivity index (χ3n) is 4.05. The second kappa shape index (κ2) is 7.95. The number of aliphatic imine (C=N–C) groups is 2. The van der Waals surface area contributed by atoms with Crippen molar-refractivity contribution in [3.63, 3.8) is 0 Å². The SMILES string of the molecule is CCOC(=O)C1(C(=O)OCC)N=C(c2ccccc2)N=C1c1ccccc1. The Bertz CT molecular complexity index is 871. The molecule has 0 atom stereocenters. The average molecular weight is 364 g/mol. The van der Waals surface area contributed by atoms with Crippen molar-refractivity contribution in [3.8, 4) is 0 Å². The van der Waals surface area contributed by atoms with E-state index >= 15 is 0 Å². The lowest BCUT2D eigenvalue weighted by atomic mass is 9.89. The van der Waals surface area contributed by atoms with Gasteiger partial charge >= 0.3 is 11.9 Å². The molecular weight excluding hydrogens is 344 g/mol. The molecule has 138 valence electrons. The molecule has 27 heavy (non-hydrogen) atoms. The zero-order chi connectivity index (χ0) is 19.3. The van der Waals surface area contributed by atoms with Crippen LogP contribution in [0.4, 0.5) is 0 Å². The second-order valence-corrected chi connectivity index (χ2v) is 5.78.